The molecular formula is C13H18N2O7S. The quantitative estimate of drug-likeness (QED) is 0.556. The van der Waals surface area contributed by atoms with Crippen LogP contribution in [0.25, 0.3) is 0 Å². The molecule has 9 nitrogen and oxygen atoms in total. The number of ether oxygens (including phenoxy) is 2. The maximum atomic E-state index is 12.4. The standard InChI is InChI=1S/C13H18N2O7S/c1-21-8-3-5-10(22-2)11(7-8)23(19,20)15-9(13(17)18)4-6-12(14)16/h3,5,7,9,15H,4,6H2,1-2H3,(H2,14,16)(H,17,18)/t9-/m1/s1. The molecule has 0 unspecified atom stereocenters. The Kier molecular flexibility index (Phi) is 6.34. The van der Waals surface area contributed by atoms with Gasteiger partial charge in [-0.15, -0.1) is 0 Å². The molecule has 0 aliphatic rings. The van der Waals surface area contributed by atoms with E-state index < -0.39 is 27.9 Å². The third-order valence-electron chi connectivity index (χ3n) is 2.94. The Bertz CT molecular complexity index is 688. The van der Waals surface area contributed by atoms with Crippen molar-refractivity contribution in [2.45, 2.75) is 23.8 Å². The Morgan fingerprint density at radius 3 is 2.43 bits per heavy atom. The molecule has 0 aliphatic carbocycles. The maximum absolute atomic E-state index is 12.4. The van der Waals surface area contributed by atoms with Crippen LogP contribution in [0.1, 0.15) is 12.8 Å². The van der Waals surface area contributed by atoms with Gasteiger partial charge in [0.05, 0.1) is 14.2 Å². The third-order valence-corrected chi connectivity index (χ3v) is 4.43. The number of carbonyl (C=O) groups is 2. The Balaban J connectivity index is 3.14. The van der Waals surface area contributed by atoms with E-state index in [-0.39, 0.29) is 29.2 Å². The SMILES string of the molecule is COc1ccc(OC)c(S(=O)(=O)N[C@H](CCC(N)=O)C(=O)O)c1. The normalized spacial score (nSPS) is 12.4. The largest absolute Gasteiger partial charge is 0.497 e. The van der Waals surface area contributed by atoms with Crippen LogP contribution < -0.4 is 19.9 Å². The summed E-state index contributed by atoms with van der Waals surface area (Å²) in [4.78, 5) is 21.7. The van der Waals surface area contributed by atoms with Crippen molar-refractivity contribution < 1.29 is 32.6 Å². The molecule has 0 radical (unpaired) electrons. The van der Waals surface area contributed by atoms with E-state index in [0.29, 0.717) is 0 Å². The molecule has 4 N–H and O–H groups in total. The molecule has 0 spiro atoms. The Labute approximate surface area is 133 Å². The van der Waals surface area contributed by atoms with Gasteiger partial charge >= 0.3 is 5.97 Å². The molecule has 23 heavy (non-hydrogen) atoms. The number of nitrogens with one attached hydrogen (secondary N) is 1. The number of rotatable bonds is 9. The molecule has 10 heteroatoms. The number of carbonyl (C=O) groups excluding carboxylic acids is 1. The van der Waals surface area contributed by atoms with Crippen molar-refractivity contribution in [2.75, 3.05) is 14.2 Å². The smallest absolute Gasteiger partial charge is 0.321 e. The lowest BCUT2D eigenvalue weighted by atomic mass is 10.2. The number of carboxylic acid groups (broad SMARTS) is 1. The van der Waals surface area contributed by atoms with E-state index >= 15 is 0 Å². The molecule has 0 bridgehead atoms. The molecule has 1 aromatic carbocycles. The van der Waals surface area contributed by atoms with Gasteiger partial charge in [0, 0.05) is 12.5 Å². The highest BCUT2D eigenvalue weighted by atomic mass is 32.2. The van der Waals surface area contributed by atoms with Gasteiger partial charge in [-0.3, -0.25) is 9.59 Å². The van der Waals surface area contributed by atoms with Gasteiger partial charge in [0.1, 0.15) is 22.4 Å². The molecule has 0 aromatic heterocycles. The van der Waals surface area contributed by atoms with Crippen LogP contribution >= 0.6 is 0 Å². The number of hydrogen-bond acceptors (Lipinski definition) is 6. The minimum Gasteiger partial charge on any atom is -0.497 e. The van der Waals surface area contributed by atoms with Crippen LogP contribution in [0.15, 0.2) is 23.1 Å². The van der Waals surface area contributed by atoms with Crippen molar-refractivity contribution in [3.8, 4) is 11.5 Å². The first-order valence-electron chi connectivity index (χ1n) is 6.46. The summed E-state index contributed by atoms with van der Waals surface area (Å²) in [6, 6.07) is 2.59. The molecule has 0 fully saturated rings. The fourth-order valence-electron chi connectivity index (χ4n) is 1.76. The summed E-state index contributed by atoms with van der Waals surface area (Å²) in [5, 5.41) is 9.09. The predicted octanol–water partition coefficient (Wildman–Crippen LogP) is -0.299. The number of nitrogens with two attached hydrogens (primary N) is 1. The van der Waals surface area contributed by atoms with Gasteiger partial charge in [-0.2, -0.15) is 4.72 Å². The molecule has 0 heterocycles. The van der Waals surface area contributed by atoms with Crippen molar-refractivity contribution in [1.82, 2.24) is 4.72 Å². The summed E-state index contributed by atoms with van der Waals surface area (Å²) in [7, 11) is -1.58. The Hall–Kier alpha value is -2.33. The minimum atomic E-state index is -4.22. The van der Waals surface area contributed by atoms with Gasteiger partial charge in [0.25, 0.3) is 0 Å². The fourth-order valence-corrected chi connectivity index (χ4v) is 3.17. The van der Waals surface area contributed by atoms with Crippen molar-refractivity contribution >= 4 is 21.9 Å². The molecule has 0 saturated carbocycles. The van der Waals surface area contributed by atoms with Gasteiger partial charge in [0.2, 0.25) is 15.9 Å². The van der Waals surface area contributed by atoms with Crippen LogP contribution in [0, 0.1) is 0 Å². The number of primary amides is 1. The number of hydrogen-bond donors (Lipinski definition) is 3. The number of methoxy groups -OCH3 is 2. The van der Waals surface area contributed by atoms with Crippen molar-refractivity contribution in [2.24, 2.45) is 5.73 Å². The van der Waals surface area contributed by atoms with E-state index in [1.54, 1.807) is 0 Å². The average molecular weight is 346 g/mol. The monoisotopic (exact) mass is 346 g/mol. The average Bonchev–Trinajstić information content (AvgIpc) is 2.50. The second-order valence-electron chi connectivity index (χ2n) is 4.53. The van der Waals surface area contributed by atoms with E-state index in [2.05, 4.69) is 0 Å². The maximum Gasteiger partial charge on any atom is 0.321 e. The first kappa shape index (κ1) is 18.7. The molecule has 0 aliphatic heterocycles. The molecule has 1 aromatic rings. The third kappa shape index (κ3) is 5.11. The van der Waals surface area contributed by atoms with E-state index in [1.165, 1.54) is 32.4 Å². The van der Waals surface area contributed by atoms with Gasteiger partial charge in [-0.25, -0.2) is 8.42 Å². The van der Waals surface area contributed by atoms with Crippen LogP contribution in [0.2, 0.25) is 0 Å². The van der Waals surface area contributed by atoms with Crippen molar-refractivity contribution in [3.05, 3.63) is 18.2 Å². The summed E-state index contributed by atoms with van der Waals surface area (Å²) in [5.41, 5.74) is 4.95. The number of benzene rings is 1. The van der Waals surface area contributed by atoms with Crippen LogP contribution in [0.3, 0.4) is 0 Å². The zero-order chi connectivity index (χ0) is 17.6. The molecule has 128 valence electrons. The van der Waals surface area contributed by atoms with E-state index in [4.69, 9.17) is 20.3 Å². The minimum absolute atomic E-state index is 0.0253. The van der Waals surface area contributed by atoms with E-state index in [1.807, 2.05) is 4.72 Å². The number of aliphatic carboxylic acids is 1. The van der Waals surface area contributed by atoms with Gasteiger partial charge in [0.15, 0.2) is 0 Å². The topological polar surface area (TPSA) is 145 Å². The highest BCUT2D eigenvalue weighted by Crippen LogP contribution is 2.28. The van der Waals surface area contributed by atoms with E-state index in [0.717, 1.165) is 0 Å². The first-order chi connectivity index (χ1) is 10.7. The first-order valence-corrected chi connectivity index (χ1v) is 7.95. The number of sulfonamides is 1. The molecule has 1 amide bonds. The van der Waals surface area contributed by atoms with Gasteiger partial charge in [-0.1, -0.05) is 0 Å². The number of amides is 1. The van der Waals surface area contributed by atoms with Crippen molar-refractivity contribution in [3.63, 3.8) is 0 Å². The lowest BCUT2D eigenvalue weighted by Gasteiger charge is -2.16. The molecule has 1 atom stereocenters. The summed E-state index contributed by atoms with van der Waals surface area (Å²) in [6.45, 7) is 0. The van der Waals surface area contributed by atoms with Gasteiger partial charge < -0.3 is 20.3 Å². The molecular weight excluding hydrogens is 328 g/mol. The number of carboxylic acids is 1. The Morgan fingerprint density at radius 2 is 1.96 bits per heavy atom. The highest BCUT2D eigenvalue weighted by Gasteiger charge is 2.28. The Morgan fingerprint density at radius 1 is 1.30 bits per heavy atom. The van der Waals surface area contributed by atoms with Crippen LogP contribution in [0.5, 0.6) is 11.5 Å². The van der Waals surface area contributed by atoms with Gasteiger partial charge in [-0.05, 0) is 18.6 Å². The summed E-state index contributed by atoms with van der Waals surface area (Å²) in [6.07, 6.45) is -0.537. The lowest BCUT2D eigenvalue weighted by Crippen LogP contribution is -2.41. The second-order valence-corrected chi connectivity index (χ2v) is 6.22. The zero-order valence-corrected chi connectivity index (χ0v) is 13.4. The van der Waals surface area contributed by atoms with Crippen LogP contribution in [-0.2, 0) is 19.6 Å². The molecule has 1 rings (SSSR count). The van der Waals surface area contributed by atoms with E-state index in [9.17, 15) is 18.0 Å². The fraction of sp³-hybridized carbons (Fsp3) is 0.385. The van der Waals surface area contributed by atoms with Crippen LogP contribution in [-0.4, -0.2) is 45.7 Å². The summed E-state index contributed by atoms with van der Waals surface area (Å²) < 4.78 is 36.8. The second kappa shape index (κ2) is 7.79. The highest BCUT2D eigenvalue weighted by molar-refractivity contribution is 7.89. The lowest BCUT2D eigenvalue weighted by molar-refractivity contribution is -0.139. The predicted molar refractivity (Wildman–Crippen MR) is 79.7 cm³/mol. The van der Waals surface area contributed by atoms with Crippen molar-refractivity contribution in [1.29, 1.82) is 0 Å². The zero-order valence-electron chi connectivity index (χ0n) is 12.6. The van der Waals surface area contributed by atoms with Crippen LogP contribution in [0.4, 0.5) is 0 Å². The summed E-state index contributed by atoms with van der Waals surface area (Å²) >= 11 is 0. The molecule has 0 saturated heterocycles. The summed E-state index contributed by atoms with van der Waals surface area (Å²) in [5.74, 6) is -1.86.